The summed E-state index contributed by atoms with van der Waals surface area (Å²) in [5, 5.41) is 3.68. The monoisotopic (exact) mass is 306 g/mol. The van der Waals surface area contributed by atoms with Gasteiger partial charge in [0.25, 0.3) is 0 Å². The second-order valence-corrected chi connectivity index (χ2v) is 6.21. The van der Waals surface area contributed by atoms with Gasteiger partial charge < -0.3 is 5.32 Å². The van der Waals surface area contributed by atoms with Crippen molar-refractivity contribution in [3.8, 4) is 0 Å². The maximum atomic E-state index is 4.41. The van der Waals surface area contributed by atoms with E-state index in [4.69, 9.17) is 0 Å². The third kappa shape index (κ3) is 2.39. The van der Waals surface area contributed by atoms with Crippen LogP contribution in [0.2, 0.25) is 0 Å². The fourth-order valence-electron chi connectivity index (χ4n) is 3.12. The second kappa shape index (κ2) is 5.14. The number of allylic oxidation sites excluding steroid dienone is 1. The van der Waals surface area contributed by atoms with Gasteiger partial charge >= 0.3 is 0 Å². The summed E-state index contributed by atoms with van der Waals surface area (Å²) in [6, 6.07) is 2.93. The quantitative estimate of drug-likeness (QED) is 0.800. The molecule has 1 fully saturated rings. The number of rotatable bonds is 1. The van der Waals surface area contributed by atoms with Crippen LogP contribution in [0.15, 0.2) is 22.9 Å². The minimum absolute atomic E-state index is 0.683. The Morgan fingerprint density at radius 3 is 3.17 bits per heavy atom. The zero-order valence-electron chi connectivity index (χ0n) is 10.7. The Morgan fingerprint density at radius 2 is 2.33 bits per heavy atom. The Hall–Kier alpha value is -0.670. The lowest BCUT2D eigenvalue weighted by Gasteiger charge is -2.36. The van der Waals surface area contributed by atoms with E-state index in [1.165, 1.54) is 42.5 Å². The number of nitrogens with one attached hydrogen (secondary N) is 1. The summed E-state index contributed by atoms with van der Waals surface area (Å²) in [5.41, 5.74) is 3.97. The molecule has 0 spiro atoms. The van der Waals surface area contributed by atoms with Gasteiger partial charge in [-0.05, 0) is 83.8 Å². The number of hydrogen-bond donors (Lipinski definition) is 1. The van der Waals surface area contributed by atoms with Crippen LogP contribution in [0.25, 0.3) is 5.57 Å². The molecule has 1 aliphatic carbocycles. The number of pyridine rings is 1. The van der Waals surface area contributed by atoms with Gasteiger partial charge in [0.1, 0.15) is 4.60 Å². The molecule has 2 aliphatic rings. The van der Waals surface area contributed by atoms with Crippen LogP contribution in [0.1, 0.15) is 36.8 Å². The summed E-state index contributed by atoms with van der Waals surface area (Å²) < 4.78 is 0.955. The smallest absolute Gasteiger partial charge is 0.109 e. The molecule has 18 heavy (non-hydrogen) atoms. The molecule has 0 aromatic carbocycles. The first-order valence-corrected chi connectivity index (χ1v) is 7.58. The summed E-state index contributed by atoms with van der Waals surface area (Å²) in [7, 11) is 0. The van der Waals surface area contributed by atoms with Crippen LogP contribution in [0.5, 0.6) is 0 Å². The summed E-state index contributed by atoms with van der Waals surface area (Å²) in [4.78, 5) is 4.41. The number of aryl methyl sites for hydroxylation is 1. The fraction of sp³-hybridized carbons (Fsp3) is 0.533. The summed E-state index contributed by atoms with van der Waals surface area (Å²) in [6.45, 7) is 3.29. The van der Waals surface area contributed by atoms with Crippen molar-refractivity contribution in [3.05, 3.63) is 34.1 Å². The van der Waals surface area contributed by atoms with E-state index < -0.39 is 0 Å². The van der Waals surface area contributed by atoms with Gasteiger partial charge in [-0.1, -0.05) is 6.08 Å². The fourth-order valence-corrected chi connectivity index (χ4v) is 3.34. The largest absolute Gasteiger partial charge is 0.313 e. The van der Waals surface area contributed by atoms with E-state index in [1.807, 2.05) is 6.20 Å². The van der Waals surface area contributed by atoms with Crippen LogP contribution < -0.4 is 5.32 Å². The Bertz CT molecular complexity index is 481. The predicted molar refractivity (Wildman–Crippen MR) is 78.4 cm³/mol. The molecule has 0 bridgehead atoms. The first kappa shape index (κ1) is 12.4. The van der Waals surface area contributed by atoms with Crippen molar-refractivity contribution >= 4 is 21.5 Å². The van der Waals surface area contributed by atoms with Crippen LogP contribution in [0, 0.1) is 12.8 Å². The van der Waals surface area contributed by atoms with E-state index >= 15 is 0 Å². The Kier molecular flexibility index (Phi) is 3.53. The van der Waals surface area contributed by atoms with E-state index in [2.05, 4.69) is 45.3 Å². The first-order valence-electron chi connectivity index (χ1n) is 6.79. The molecule has 1 N–H and O–H groups in total. The average Bonchev–Trinajstić information content (AvgIpc) is 2.41. The van der Waals surface area contributed by atoms with Crippen LogP contribution in [-0.4, -0.2) is 17.6 Å². The van der Waals surface area contributed by atoms with E-state index in [-0.39, 0.29) is 0 Å². The van der Waals surface area contributed by atoms with Gasteiger partial charge in [0.2, 0.25) is 0 Å². The van der Waals surface area contributed by atoms with Gasteiger partial charge in [0.05, 0.1) is 0 Å². The number of hydrogen-bond acceptors (Lipinski definition) is 2. The number of fused-ring (bicyclic) bond motifs is 1. The topological polar surface area (TPSA) is 24.9 Å². The molecule has 1 aromatic rings. The lowest BCUT2D eigenvalue weighted by atomic mass is 9.78. The standard InChI is InChI=1S/C15H19BrN2/c1-10-7-13(9-18-15(10)16)12-5-4-11-3-2-6-17-14(11)8-12/h5,7,9,11,14,17H,2-4,6,8H2,1H3/t11-,14+/m1/s1. The number of halogens is 1. The van der Waals surface area contributed by atoms with Gasteiger partial charge in [-0.15, -0.1) is 0 Å². The average molecular weight is 307 g/mol. The van der Waals surface area contributed by atoms with Crippen molar-refractivity contribution in [3.63, 3.8) is 0 Å². The molecule has 0 unspecified atom stereocenters. The van der Waals surface area contributed by atoms with Crippen LogP contribution in [0.3, 0.4) is 0 Å². The zero-order chi connectivity index (χ0) is 12.5. The zero-order valence-corrected chi connectivity index (χ0v) is 12.3. The highest BCUT2D eigenvalue weighted by molar-refractivity contribution is 9.10. The molecule has 0 radical (unpaired) electrons. The van der Waals surface area contributed by atoms with E-state index in [9.17, 15) is 0 Å². The molecule has 2 heterocycles. The minimum atomic E-state index is 0.683. The van der Waals surface area contributed by atoms with Gasteiger partial charge in [-0.2, -0.15) is 0 Å². The normalized spacial score (nSPS) is 27.6. The Labute approximate surface area is 117 Å². The van der Waals surface area contributed by atoms with Crippen LogP contribution in [-0.2, 0) is 0 Å². The van der Waals surface area contributed by atoms with Crippen molar-refractivity contribution in [1.29, 1.82) is 0 Å². The van der Waals surface area contributed by atoms with Gasteiger partial charge in [0, 0.05) is 12.2 Å². The molecule has 0 amide bonds. The van der Waals surface area contributed by atoms with Crippen LogP contribution in [0.4, 0.5) is 0 Å². The van der Waals surface area contributed by atoms with Crippen molar-refractivity contribution < 1.29 is 0 Å². The molecule has 3 heteroatoms. The molecule has 0 saturated carbocycles. The molecular formula is C15H19BrN2. The van der Waals surface area contributed by atoms with Gasteiger partial charge in [-0.25, -0.2) is 4.98 Å². The number of aromatic nitrogens is 1. The molecule has 2 atom stereocenters. The lowest BCUT2D eigenvalue weighted by molar-refractivity contribution is 0.278. The number of nitrogens with zero attached hydrogens (tertiary/aromatic N) is 1. The van der Waals surface area contributed by atoms with E-state index in [0.717, 1.165) is 16.9 Å². The highest BCUT2D eigenvalue weighted by atomic mass is 79.9. The van der Waals surface area contributed by atoms with Crippen molar-refractivity contribution in [2.45, 2.75) is 38.6 Å². The molecule has 96 valence electrons. The SMILES string of the molecule is Cc1cc(C2=CC[C@H]3CCCN[C@H]3C2)cnc1Br. The maximum Gasteiger partial charge on any atom is 0.109 e. The summed E-state index contributed by atoms with van der Waals surface area (Å²) >= 11 is 3.47. The molecule has 2 nitrogen and oxygen atoms in total. The van der Waals surface area contributed by atoms with Crippen molar-refractivity contribution in [1.82, 2.24) is 10.3 Å². The number of piperidine rings is 1. The van der Waals surface area contributed by atoms with Gasteiger partial charge in [0.15, 0.2) is 0 Å². The minimum Gasteiger partial charge on any atom is -0.313 e. The van der Waals surface area contributed by atoms with E-state index in [1.54, 1.807) is 0 Å². The van der Waals surface area contributed by atoms with Crippen LogP contribution >= 0.6 is 15.9 Å². The second-order valence-electron chi connectivity index (χ2n) is 5.46. The maximum absolute atomic E-state index is 4.41. The third-order valence-electron chi connectivity index (χ3n) is 4.22. The molecular weight excluding hydrogens is 288 g/mol. The van der Waals surface area contributed by atoms with Crippen molar-refractivity contribution in [2.24, 2.45) is 5.92 Å². The molecule has 1 aromatic heterocycles. The highest BCUT2D eigenvalue weighted by Gasteiger charge is 2.28. The van der Waals surface area contributed by atoms with Gasteiger partial charge in [-0.3, -0.25) is 0 Å². The molecule has 1 saturated heterocycles. The third-order valence-corrected chi connectivity index (χ3v) is 5.05. The lowest BCUT2D eigenvalue weighted by Crippen LogP contribution is -2.42. The van der Waals surface area contributed by atoms with E-state index in [0.29, 0.717) is 6.04 Å². The first-order chi connectivity index (χ1) is 8.74. The van der Waals surface area contributed by atoms with Crippen molar-refractivity contribution in [2.75, 3.05) is 6.54 Å². The summed E-state index contributed by atoms with van der Waals surface area (Å²) in [5.74, 6) is 0.854. The molecule has 1 aliphatic heterocycles. The Balaban J connectivity index is 1.84. The predicted octanol–water partition coefficient (Wildman–Crippen LogP) is 3.70. The molecule has 3 rings (SSSR count). The highest BCUT2D eigenvalue weighted by Crippen LogP contribution is 2.34. The summed E-state index contributed by atoms with van der Waals surface area (Å²) in [6.07, 6.45) is 9.53. The Morgan fingerprint density at radius 1 is 1.44 bits per heavy atom.